The Bertz CT molecular complexity index is 337. The highest BCUT2D eigenvalue weighted by atomic mass is 32.1. The molecule has 1 unspecified atom stereocenters. The summed E-state index contributed by atoms with van der Waals surface area (Å²) in [5.41, 5.74) is 0. The summed E-state index contributed by atoms with van der Waals surface area (Å²) in [6.07, 6.45) is 2.56. The second kappa shape index (κ2) is 4.90. The van der Waals surface area contributed by atoms with Crippen LogP contribution in [-0.4, -0.2) is 19.0 Å². The third-order valence-corrected chi connectivity index (χ3v) is 4.03. The van der Waals surface area contributed by atoms with E-state index in [1.807, 2.05) is 0 Å². The van der Waals surface area contributed by atoms with Crippen molar-refractivity contribution in [3.63, 3.8) is 0 Å². The summed E-state index contributed by atoms with van der Waals surface area (Å²) in [5.74, 6) is 0.495. The maximum absolute atomic E-state index is 11.8. The summed E-state index contributed by atoms with van der Waals surface area (Å²) < 4.78 is 5.22. The molecule has 1 aliphatic heterocycles. The van der Waals surface area contributed by atoms with Crippen LogP contribution in [0.2, 0.25) is 0 Å². The maximum atomic E-state index is 11.8. The van der Waals surface area contributed by atoms with Crippen molar-refractivity contribution < 1.29 is 9.53 Å². The van der Waals surface area contributed by atoms with Gasteiger partial charge in [-0.1, -0.05) is 6.92 Å². The van der Waals surface area contributed by atoms with E-state index in [0.29, 0.717) is 18.8 Å². The lowest BCUT2D eigenvalue weighted by molar-refractivity contribution is -0.122. The molecule has 1 saturated heterocycles. The van der Waals surface area contributed by atoms with E-state index < -0.39 is 0 Å². The van der Waals surface area contributed by atoms with Crippen LogP contribution in [0.15, 0.2) is 12.1 Å². The molecule has 0 bridgehead atoms. The lowest BCUT2D eigenvalue weighted by Gasteiger charge is -2.04. The third-order valence-electron chi connectivity index (χ3n) is 2.80. The average Bonchev–Trinajstić information content (AvgIpc) is 2.87. The normalized spacial score (nSPS) is 20.7. The molecular formula is C12H16O2S. The van der Waals surface area contributed by atoms with Gasteiger partial charge in [0.1, 0.15) is 5.78 Å². The van der Waals surface area contributed by atoms with Gasteiger partial charge in [0.05, 0.1) is 6.61 Å². The van der Waals surface area contributed by atoms with Gasteiger partial charge in [0.2, 0.25) is 0 Å². The van der Waals surface area contributed by atoms with Crippen LogP contribution < -0.4 is 0 Å². The number of ether oxygens (including phenoxy) is 1. The van der Waals surface area contributed by atoms with Crippen molar-refractivity contribution in [2.45, 2.75) is 26.2 Å². The zero-order valence-electron chi connectivity index (χ0n) is 8.99. The maximum Gasteiger partial charge on any atom is 0.143 e. The lowest BCUT2D eigenvalue weighted by atomic mass is 10.0. The molecule has 1 atom stereocenters. The van der Waals surface area contributed by atoms with Gasteiger partial charge in [0, 0.05) is 28.7 Å². The minimum Gasteiger partial charge on any atom is -0.381 e. The van der Waals surface area contributed by atoms with E-state index in [9.17, 15) is 4.79 Å². The fourth-order valence-electron chi connectivity index (χ4n) is 1.81. The van der Waals surface area contributed by atoms with Crippen LogP contribution in [-0.2, 0) is 22.4 Å². The molecule has 0 spiro atoms. The first-order valence-corrected chi connectivity index (χ1v) is 6.29. The number of thiophene rings is 1. The van der Waals surface area contributed by atoms with Crippen molar-refractivity contribution >= 4 is 17.1 Å². The summed E-state index contributed by atoms with van der Waals surface area (Å²) >= 11 is 1.76. The van der Waals surface area contributed by atoms with Crippen LogP contribution in [0.5, 0.6) is 0 Å². The van der Waals surface area contributed by atoms with Gasteiger partial charge in [-0.15, -0.1) is 11.3 Å². The predicted molar refractivity (Wildman–Crippen MR) is 61.3 cm³/mol. The molecule has 0 radical (unpaired) electrons. The molecule has 0 aliphatic carbocycles. The molecule has 1 aromatic heterocycles. The highest BCUT2D eigenvalue weighted by molar-refractivity contribution is 7.12. The second-order valence-corrected chi connectivity index (χ2v) is 5.18. The Morgan fingerprint density at radius 2 is 2.33 bits per heavy atom. The highest BCUT2D eigenvalue weighted by Gasteiger charge is 2.23. The number of Topliss-reactive ketones (excluding diaryl/α,β-unsaturated/α-hetero) is 1. The molecular weight excluding hydrogens is 208 g/mol. The van der Waals surface area contributed by atoms with Crippen molar-refractivity contribution in [1.29, 1.82) is 0 Å². The number of carbonyl (C=O) groups is 1. The van der Waals surface area contributed by atoms with E-state index in [2.05, 4.69) is 19.1 Å². The monoisotopic (exact) mass is 224 g/mol. The van der Waals surface area contributed by atoms with Gasteiger partial charge in [0.15, 0.2) is 0 Å². The third kappa shape index (κ3) is 2.67. The Labute approximate surface area is 94.3 Å². The Balaban J connectivity index is 1.92. The van der Waals surface area contributed by atoms with Crippen LogP contribution in [0.3, 0.4) is 0 Å². The quantitative estimate of drug-likeness (QED) is 0.785. The summed E-state index contributed by atoms with van der Waals surface area (Å²) in [5, 5.41) is 0. The minimum absolute atomic E-state index is 0.150. The minimum atomic E-state index is 0.150. The molecule has 15 heavy (non-hydrogen) atoms. The van der Waals surface area contributed by atoms with Crippen LogP contribution in [0.25, 0.3) is 0 Å². The molecule has 2 rings (SSSR count). The molecule has 0 aromatic carbocycles. The zero-order chi connectivity index (χ0) is 10.7. The van der Waals surface area contributed by atoms with E-state index in [4.69, 9.17) is 4.74 Å². The Kier molecular flexibility index (Phi) is 3.54. The first-order chi connectivity index (χ1) is 7.29. The van der Waals surface area contributed by atoms with Crippen molar-refractivity contribution in [2.75, 3.05) is 13.2 Å². The van der Waals surface area contributed by atoms with E-state index in [0.717, 1.165) is 19.4 Å². The lowest BCUT2D eigenvalue weighted by Crippen LogP contribution is -2.16. The highest BCUT2D eigenvalue weighted by Crippen LogP contribution is 2.21. The van der Waals surface area contributed by atoms with E-state index in [-0.39, 0.29) is 5.92 Å². The molecule has 2 heterocycles. The molecule has 1 fully saturated rings. The average molecular weight is 224 g/mol. The number of rotatable bonds is 4. The number of ketones is 1. The van der Waals surface area contributed by atoms with Gasteiger partial charge in [-0.2, -0.15) is 0 Å². The van der Waals surface area contributed by atoms with Crippen LogP contribution in [0.1, 0.15) is 23.1 Å². The first-order valence-electron chi connectivity index (χ1n) is 5.47. The van der Waals surface area contributed by atoms with Crippen LogP contribution in [0, 0.1) is 5.92 Å². The fraction of sp³-hybridized carbons (Fsp3) is 0.583. The smallest absolute Gasteiger partial charge is 0.143 e. The second-order valence-electron chi connectivity index (χ2n) is 3.93. The SMILES string of the molecule is CCc1ccc(CC(=O)C2CCOC2)s1. The molecule has 3 heteroatoms. The fourth-order valence-corrected chi connectivity index (χ4v) is 2.78. The molecule has 0 amide bonds. The number of hydrogen-bond donors (Lipinski definition) is 0. The standard InChI is InChI=1S/C12H16O2S/c1-2-10-3-4-11(15-10)7-12(13)9-5-6-14-8-9/h3-4,9H,2,5-8H2,1H3. The molecule has 82 valence electrons. The predicted octanol–water partition coefficient (Wildman–Crippen LogP) is 2.46. The number of carbonyl (C=O) groups excluding carboxylic acids is 1. The zero-order valence-corrected chi connectivity index (χ0v) is 9.81. The van der Waals surface area contributed by atoms with Gasteiger partial charge in [-0.25, -0.2) is 0 Å². The summed E-state index contributed by atoms with van der Waals surface area (Å²) in [4.78, 5) is 14.4. The van der Waals surface area contributed by atoms with Gasteiger partial charge in [0.25, 0.3) is 0 Å². The summed E-state index contributed by atoms with van der Waals surface area (Å²) in [7, 11) is 0. The van der Waals surface area contributed by atoms with Gasteiger partial charge in [-0.05, 0) is 25.0 Å². The Morgan fingerprint density at radius 1 is 1.53 bits per heavy atom. The molecule has 0 saturated carbocycles. The summed E-state index contributed by atoms with van der Waals surface area (Å²) in [6, 6.07) is 4.20. The topological polar surface area (TPSA) is 26.3 Å². The van der Waals surface area contributed by atoms with E-state index >= 15 is 0 Å². The van der Waals surface area contributed by atoms with Crippen molar-refractivity contribution in [3.8, 4) is 0 Å². The van der Waals surface area contributed by atoms with Crippen LogP contribution in [0.4, 0.5) is 0 Å². The molecule has 1 aromatic rings. The molecule has 0 N–H and O–H groups in total. The van der Waals surface area contributed by atoms with Gasteiger partial charge >= 0.3 is 0 Å². The first kappa shape index (κ1) is 10.8. The van der Waals surface area contributed by atoms with Crippen LogP contribution >= 0.6 is 11.3 Å². The van der Waals surface area contributed by atoms with Gasteiger partial charge < -0.3 is 4.74 Å². The largest absolute Gasteiger partial charge is 0.381 e. The Morgan fingerprint density at radius 3 is 2.93 bits per heavy atom. The molecule has 1 aliphatic rings. The van der Waals surface area contributed by atoms with Crippen molar-refractivity contribution in [3.05, 3.63) is 21.9 Å². The van der Waals surface area contributed by atoms with E-state index in [1.54, 1.807) is 11.3 Å². The van der Waals surface area contributed by atoms with E-state index in [1.165, 1.54) is 9.75 Å². The van der Waals surface area contributed by atoms with Crippen molar-refractivity contribution in [2.24, 2.45) is 5.92 Å². The molecule has 2 nitrogen and oxygen atoms in total. The number of aryl methyl sites for hydroxylation is 1. The Hall–Kier alpha value is -0.670. The van der Waals surface area contributed by atoms with Crippen molar-refractivity contribution in [1.82, 2.24) is 0 Å². The number of hydrogen-bond acceptors (Lipinski definition) is 3. The van der Waals surface area contributed by atoms with Gasteiger partial charge in [-0.3, -0.25) is 4.79 Å². The summed E-state index contributed by atoms with van der Waals surface area (Å²) in [6.45, 7) is 3.52.